The molecule has 3 aromatic rings. The third-order valence-electron chi connectivity index (χ3n) is 4.03. The maximum atomic E-state index is 12.5. The molecular weight excluding hydrogens is 410 g/mol. The van der Waals surface area contributed by atoms with Crippen LogP contribution in [0.15, 0.2) is 65.4 Å². The number of nitrogens with zero attached hydrogens (tertiary/aromatic N) is 3. The lowest BCUT2D eigenvalue weighted by atomic mass is 10.2. The molecule has 0 unspecified atom stereocenters. The monoisotopic (exact) mass is 429 g/mol. The van der Waals surface area contributed by atoms with Crippen LogP contribution >= 0.6 is 15.9 Å². The normalized spacial score (nSPS) is 10.5. The first-order valence-corrected chi connectivity index (χ1v) is 9.19. The Morgan fingerprint density at radius 2 is 1.78 bits per heavy atom. The van der Waals surface area contributed by atoms with Gasteiger partial charge in [0.1, 0.15) is 18.1 Å². The van der Waals surface area contributed by atoms with Crippen LogP contribution in [-0.2, 0) is 0 Å². The van der Waals surface area contributed by atoms with Crippen LogP contribution in [-0.4, -0.2) is 47.9 Å². The number of carbonyl (C=O) groups is 1. The summed E-state index contributed by atoms with van der Waals surface area (Å²) in [5, 5.41) is 4.23. The molecule has 0 aliphatic rings. The number of amides is 1. The molecule has 3 rings (SSSR count). The standard InChI is InChI=1S/C20H20BrN3O3/c1-23(11-12-27-19-9-7-18(26-2)8-10-19)20(25)15-3-5-17(6-4-15)24-14-16(21)13-22-24/h3-10,13-14H,11-12H2,1-2H3. The van der Waals surface area contributed by atoms with Crippen LogP contribution in [0.4, 0.5) is 0 Å². The molecule has 0 fully saturated rings. The first kappa shape index (κ1) is 19.0. The van der Waals surface area contributed by atoms with E-state index in [4.69, 9.17) is 9.47 Å². The fourth-order valence-corrected chi connectivity index (χ4v) is 2.78. The van der Waals surface area contributed by atoms with Crippen molar-refractivity contribution in [2.75, 3.05) is 27.3 Å². The van der Waals surface area contributed by atoms with E-state index in [9.17, 15) is 4.79 Å². The molecule has 140 valence electrons. The van der Waals surface area contributed by atoms with E-state index in [1.807, 2.05) is 42.6 Å². The first-order valence-electron chi connectivity index (χ1n) is 8.40. The number of hydrogen-bond donors (Lipinski definition) is 0. The number of likely N-dealkylation sites (N-methyl/N-ethyl adjacent to an activating group) is 1. The number of aromatic nitrogens is 2. The number of benzene rings is 2. The van der Waals surface area contributed by atoms with Crippen molar-refractivity contribution in [1.29, 1.82) is 0 Å². The van der Waals surface area contributed by atoms with Crippen LogP contribution in [0.2, 0.25) is 0 Å². The van der Waals surface area contributed by atoms with Gasteiger partial charge >= 0.3 is 0 Å². The van der Waals surface area contributed by atoms with Crippen molar-refractivity contribution in [3.63, 3.8) is 0 Å². The summed E-state index contributed by atoms with van der Waals surface area (Å²) in [5.74, 6) is 1.47. The van der Waals surface area contributed by atoms with Crippen molar-refractivity contribution in [2.45, 2.75) is 0 Å². The Bertz CT molecular complexity index is 892. The van der Waals surface area contributed by atoms with Crippen LogP contribution in [0, 0.1) is 0 Å². The second-order valence-corrected chi connectivity index (χ2v) is 6.82. The van der Waals surface area contributed by atoms with Crippen LogP contribution in [0.1, 0.15) is 10.4 Å². The molecule has 1 heterocycles. The van der Waals surface area contributed by atoms with Crippen molar-refractivity contribution in [2.24, 2.45) is 0 Å². The fraction of sp³-hybridized carbons (Fsp3) is 0.200. The van der Waals surface area contributed by atoms with Crippen LogP contribution in [0.25, 0.3) is 5.69 Å². The summed E-state index contributed by atoms with van der Waals surface area (Å²) in [5.41, 5.74) is 1.51. The molecule has 0 saturated heterocycles. The van der Waals surface area contributed by atoms with Crippen LogP contribution < -0.4 is 9.47 Å². The number of carbonyl (C=O) groups excluding carboxylic acids is 1. The smallest absolute Gasteiger partial charge is 0.253 e. The van der Waals surface area contributed by atoms with E-state index < -0.39 is 0 Å². The Balaban J connectivity index is 1.53. The quantitative estimate of drug-likeness (QED) is 0.573. The van der Waals surface area contributed by atoms with Crippen molar-refractivity contribution >= 4 is 21.8 Å². The first-order chi connectivity index (χ1) is 13.1. The molecule has 0 spiro atoms. The second kappa shape index (κ2) is 8.73. The zero-order valence-electron chi connectivity index (χ0n) is 15.1. The largest absolute Gasteiger partial charge is 0.497 e. The molecule has 0 atom stereocenters. The third-order valence-corrected chi connectivity index (χ3v) is 4.44. The summed E-state index contributed by atoms with van der Waals surface area (Å²) in [6.07, 6.45) is 3.58. The Kier molecular flexibility index (Phi) is 6.13. The summed E-state index contributed by atoms with van der Waals surface area (Å²) < 4.78 is 13.4. The van der Waals surface area contributed by atoms with Gasteiger partial charge in [0.15, 0.2) is 0 Å². The van der Waals surface area contributed by atoms with Gasteiger partial charge in [0.25, 0.3) is 5.91 Å². The molecule has 2 aromatic carbocycles. The second-order valence-electron chi connectivity index (χ2n) is 5.90. The molecular formula is C20H20BrN3O3. The van der Waals surface area contributed by atoms with Gasteiger partial charge in [-0.1, -0.05) is 0 Å². The molecule has 0 bridgehead atoms. The van der Waals surface area contributed by atoms with Gasteiger partial charge in [0, 0.05) is 18.8 Å². The van der Waals surface area contributed by atoms with E-state index >= 15 is 0 Å². The van der Waals surface area contributed by atoms with Crippen molar-refractivity contribution < 1.29 is 14.3 Å². The van der Waals surface area contributed by atoms with E-state index in [0.717, 1.165) is 21.7 Å². The molecule has 1 aromatic heterocycles. The molecule has 7 heteroatoms. The maximum absolute atomic E-state index is 12.5. The third kappa shape index (κ3) is 4.89. The van der Waals surface area contributed by atoms with E-state index in [-0.39, 0.29) is 5.91 Å². The highest BCUT2D eigenvalue weighted by Gasteiger charge is 2.12. The van der Waals surface area contributed by atoms with Crippen molar-refractivity contribution in [3.8, 4) is 17.2 Å². The molecule has 0 N–H and O–H groups in total. The molecule has 0 aliphatic carbocycles. The van der Waals surface area contributed by atoms with Gasteiger partial charge in [-0.3, -0.25) is 4.79 Å². The lowest BCUT2D eigenvalue weighted by Gasteiger charge is -2.18. The van der Waals surface area contributed by atoms with E-state index in [1.165, 1.54) is 0 Å². The molecule has 1 amide bonds. The Hall–Kier alpha value is -2.80. The van der Waals surface area contributed by atoms with Gasteiger partial charge < -0.3 is 14.4 Å². The van der Waals surface area contributed by atoms with E-state index in [1.54, 1.807) is 42.1 Å². The highest BCUT2D eigenvalue weighted by Crippen LogP contribution is 2.17. The van der Waals surface area contributed by atoms with Gasteiger partial charge in [0.2, 0.25) is 0 Å². The number of hydrogen-bond acceptors (Lipinski definition) is 4. The summed E-state index contributed by atoms with van der Waals surface area (Å²) in [7, 11) is 3.38. The summed E-state index contributed by atoms with van der Waals surface area (Å²) in [6, 6.07) is 14.7. The molecule has 0 saturated carbocycles. The van der Waals surface area contributed by atoms with E-state index in [2.05, 4.69) is 21.0 Å². The number of methoxy groups -OCH3 is 1. The molecule has 6 nitrogen and oxygen atoms in total. The van der Waals surface area contributed by atoms with Gasteiger partial charge in [-0.25, -0.2) is 4.68 Å². The lowest BCUT2D eigenvalue weighted by Crippen LogP contribution is -2.30. The average Bonchev–Trinajstić information content (AvgIpc) is 3.14. The lowest BCUT2D eigenvalue weighted by molar-refractivity contribution is 0.0774. The minimum atomic E-state index is -0.0541. The summed E-state index contributed by atoms with van der Waals surface area (Å²) in [6.45, 7) is 0.896. The van der Waals surface area contributed by atoms with Crippen LogP contribution in [0.3, 0.4) is 0 Å². The zero-order valence-corrected chi connectivity index (χ0v) is 16.7. The van der Waals surface area contributed by atoms with Crippen molar-refractivity contribution in [3.05, 3.63) is 71.0 Å². The Morgan fingerprint density at radius 3 is 2.37 bits per heavy atom. The Morgan fingerprint density at radius 1 is 1.11 bits per heavy atom. The highest BCUT2D eigenvalue weighted by atomic mass is 79.9. The van der Waals surface area contributed by atoms with Gasteiger partial charge in [-0.15, -0.1) is 0 Å². The SMILES string of the molecule is COc1ccc(OCCN(C)C(=O)c2ccc(-n3cc(Br)cn3)cc2)cc1. The Labute approximate surface area is 166 Å². The average molecular weight is 430 g/mol. The van der Waals surface area contributed by atoms with Gasteiger partial charge in [-0.2, -0.15) is 5.10 Å². The van der Waals surface area contributed by atoms with Crippen molar-refractivity contribution in [1.82, 2.24) is 14.7 Å². The molecule has 0 aliphatic heterocycles. The number of ether oxygens (including phenoxy) is 2. The number of rotatable bonds is 7. The summed E-state index contributed by atoms with van der Waals surface area (Å²) in [4.78, 5) is 14.2. The highest BCUT2D eigenvalue weighted by molar-refractivity contribution is 9.10. The van der Waals surface area contributed by atoms with Crippen LogP contribution in [0.5, 0.6) is 11.5 Å². The topological polar surface area (TPSA) is 56.6 Å². The molecule has 0 radical (unpaired) electrons. The fourth-order valence-electron chi connectivity index (χ4n) is 2.49. The molecule has 27 heavy (non-hydrogen) atoms. The minimum absolute atomic E-state index is 0.0541. The van der Waals surface area contributed by atoms with E-state index in [0.29, 0.717) is 18.7 Å². The predicted molar refractivity (Wildman–Crippen MR) is 107 cm³/mol. The minimum Gasteiger partial charge on any atom is -0.497 e. The summed E-state index contributed by atoms with van der Waals surface area (Å²) >= 11 is 3.37. The predicted octanol–water partition coefficient (Wildman–Crippen LogP) is 3.79. The number of halogens is 1. The zero-order chi connectivity index (χ0) is 19.2. The van der Waals surface area contributed by atoms with Gasteiger partial charge in [-0.05, 0) is 64.5 Å². The van der Waals surface area contributed by atoms with Gasteiger partial charge in [0.05, 0.1) is 30.0 Å². The maximum Gasteiger partial charge on any atom is 0.253 e.